The number of aromatic nitrogens is 2. The van der Waals surface area contributed by atoms with Gasteiger partial charge in [0, 0.05) is 5.69 Å². The van der Waals surface area contributed by atoms with E-state index in [9.17, 15) is 14.4 Å². The van der Waals surface area contributed by atoms with Crippen LogP contribution in [0.25, 0.3) is 0 Å². The van der Waals surface area contributed by atoms with Crippen LogP contribution in [0.1, 0.15) is 22.6 Å². The predicted octanol–water partition coefficient (Wildman–Crippen LogP) is -0.503. The van der Waals surface area contributed by atoms with Gasteiger partial charge in [0.25, 0.3) is 5.91 Å². The maximum atomic E-state index is 11.8. The van der Waals surface area contributed by atoms with E-state index < -0.39 is 30.2 Å². The minimum absolute atomic E-state index is 0.0896. The van der Waals surface area contributed by atoms with Gasteiger partial charge in [0.2, 0.25) is 11.2 Å². The fourth-order valence-electron chi connectivity index (χ4n) is 1.28. The molecule has 1 heterocycles. The molecule has 1 rings (SSSR count). The summed E-state index contributed by atoms with van der Waals surface area (Å²) in [5.41, 5.74) is 5.25. The van der Waals surface area contributed by atoms with Crippen LogP contribution in [-0.4, -0.2) is 38.9 Å². The lowest BCUT2D eigenvalue weighted by Gasteiger charge is -2.12. The Morgan fingerprint density at radius 1 is 1.47 bits per heavy atom. The molecule has 4 N–H and O–H groups in total. The van der Waals surface area contributed by atoms with Crippen molar-refractivity contribution in [3.63, 3.8) is 0 Å². The molecule has 0 aliphatic heterocycles. The normalized spacial score (nSPS) is 11.7. The smallest absolute Gasteiger partial charge is 0.326 e. The molecule has 0 bridgehead atoms. The van der Waals surface area contributed by atoms with Crippen molar-refractivity contribution in [1.29, 1.82) is 0 Å². The molecule has 9 heteroatoms. The first kappa shape index (κ1) is 14.8. The Hall–Kier alpha value is -2.22. The second-order valence-electron chi connectivity index (χ2n) is 3.70. The Balaban J connectivity index is 2.87. The number of carboxylic acid groups (broad SMARTS) is 1. The van der Waals surface area contributed by atoms with Gasteiger partial charge in [-0.1, -0.05) is 0 Å². The van der Waals surface area contributed by atoms with E-state index >= 15 is 0 Å². The molecule has 0 saturated carbocycles. The summed E-state index contributed by atoms with van der Waals surface area (Å²) >= 11 is 5.58. The third kappa shape index (κ3) is 4.51. The maximum Gasteiger partial charge on any atom is 0.326 e. The molecule has 0 spiro atoms. The number of hydrogen-bond donors (Lipinski definition) is 3. The summed E-state index contributed by atoms with van der Waals surface area (Å²) in [5, 5.41) is 10.8. The Kier molecular flexibility index (Phi) is 4.76. The van der Waals surface area contributed by atoms with Gasteiger partial charge < -0.3 is 16.2 Å². The molecule has 0 saturated heterocycles. The van der Waals surface area contributed by atoms with Crippen LogP contribution in [0.4, 0.5) is 0 Å². The number of rotatable bonds is 5. The summed E-state index contributed by atoms with van der Waals surface area (Å²) in [7, 11) is 0. The molecule has 102 valence electrons. The Bertz CT molecular complexity index is 514. The first-order chi connectivity index (χ1) is 8.79. The number of aryl methyl sites for hydroxylation is 1. The third-order valence-electron chi connectivity index (χ3n) is 2.07. The lowest BCUT2D eigenvalue weighted by Crippen LogP contribution is -2.43. The molecule has 0 aliphatic carbocycles. The highest BCUT2D eigenvalue weighted by Gasteiger charge is 2.23. The molecule has 0 fully saturated rings. The Morgan fingerprint density at radius 3 is 2.58 bits per heavy atom. The van der Waals surface area contributed by atoms with E-state index in [0.29, 0.717) is 5.69 Å². The number of amides is 2. The standard InChI is InChI=1S/C10H11ClN4O4/c1-4-2-5(15-10(11)13-4)8(17)14-6(9(18)19)3-7(12)16/h2,6H,3H2,1H3,(H2,12,16)(H,14,17)(H,18,19)/t6-/m0/s1. The lowest BCUT2D eigenvalue weighted by molar-refractivity contribution is -0.140. The monoisotopic (exact) mass is 286 g/mol. The predicted molar refractivity (Wildman–Crippen MR) is 64.5 cm³/mol. The fourth-order valence-corrected chi connectivity index (χ4v) is 1.51. The number of aliphatic carboxylic acids is 1. The minimum atomic E-state index is -1.42. The van der Waals surface area contributed by atoms with Gasteiger partial charge >= 0.3 is 5.97 Å². The zero-order valence-electron chi connectivity index (χ0n) is 9.88. The second-order valence-corrected chi connectivity index (χ2v) is 4.04. The molecule has 0 aliphatic rings. The summed E-state index contributed by atoms with van der Waals surface area (Å²) in [5.74, 6) is -2.99. The molecule has 8 nitrogen and oxygen atoms in total. The van der Waals surface area contributed by atoms with E-state index in [-0.39, 0.29) is 11.0 Å². The van der Waals surface area contributed by atoms with Crippen molar-refractivity contribution in [2.24, 2.45) is 5.73 Å². The van der Waals surface area contributed by atoms with Gasteiger partial charge in [-0.25, -0.2) is 14.8 Å². The second kappa shape index (κ2) is 6.10. The molecule has 2 amide bonds. The first-order valence-corrected chi connectivity index (χ1v) is 5.50. The fraction of sp³-hybridized carbons (Fsp3) is 0.300. The van der Waals surface area contributed by atoms with E-state index in [4.69, 9.17) is 22.4 Å². The van der Waals surface area contributed by atoms with Crippen LogP contribution < -0.4 is 11.1 Å². The number of carbonyl (C=O) groups is 3. The van der Waals surface area contributed by atoms with Gasteiger partial charge in [-0.15, -0.1) is 0 Å². The van der Waals surface area contributed by atoms with Gasteiger partial charge in [-0.3, -0.25) is 9.59 Å². The first-order valence-electron chi connectivity index (χ1n) is 5.12. The average molecular weight is 287 g/mol. The van der Waals surface area contributed by atoms with E-state index in [1.54, 1.807) is 6.92 Å². The zero-order chi connectivity index (χ0) is 14.6. The number of hydrogen-bond acceptors (Lipinski definition) is 5. The molecule has 1 atom stereocenters. The highest BCUT2D eigenvalue weighted by atomic mass is 35.5. The van der Waals surface area contributed by atoms with Gasteiger partial charge in [-0.2, -0.15) is 0 Å². The number of nitrogens with two attached hydrogens (primary N) is 1. The molecule has 0 unspecified atom stereocenters. The minimum Gasteiger partial charge on any atom is -0.480 e. The molecule has 0 radical (unpaired) electrons. The van der Waals surface area contributed by atoms with Crippen LogP contribution >= 0.6 is 11.6 Å². The Morgan fingerprint density at radius 2 is 2.11 bits per heavy atom. The van der Waals surface area contributed by atoms with E-state index in [1.807, 2.05) is 0 Å². The van der Waals surface area contributed by atoms with Crippen molar-refractivity contribution >= 4 is 29.4 Å². The number of carboxylic acids is 1. The largest absolute Gasteiger partial charge is 0.480 e. The van der Waals surface area contributed by atoms with Crippen molar-refractivity contribution in [1.82, 2.24) is 15.3 Å². The van der Waals surface area contributed by atoms with Gasteiger partial charge in [0.15, 0.2) is 0 Å². The topological polar surface area (TPSA) is 135 Å². The van der Waals surface area contributed by atoms with Crippen LogP contribution in [0.15, 0.2) is 6.07 Å². The average Bonchev–Trinajstić information content (AvgIpc) is 2.25. The quantitative estimate of drug-likeness (QED) is 0.624. The maximum absolute atomic E-state index is 11.8. The summed E-state index contributed by atoms with van der Waals surface area (Å²) in [6.45, 7) is 1.60. The molecular formula is C10H11ClN4O4. The molecular weight excluding hydrogens is 276 g/mol. The summed E-state index contributed by atoms with van der Waals surface area (Å²) < 4.78 is 0. The van der Waals surface area contributed by atoms with Crippen LogP contribution in [0, 0.1) is 6.92 Å². The Labute approximate surface area is 113 Å². The molecule has 19 heavy (non-hydrogen) atoms. The van der Waals surface area contributed by atoms with E-state index in [1.165, 1.54) is 6.07 Å². The van der Waals surface area contributed by atoms with Crippen LogP contribution in [0.5, 0.6) is 0 Å². The van der Waals surface area contributed by atoms with Crippen molar-refractivity contribution in [3.05, 3.63) is 22.7 Å². The molecule has 1 aromatic heterocycles. The van der Waals surface area contributed by atoms with Crippen LogP contribution in [0.3, 0.4) is 0 Å². The summed E-state index contributed by atoms with van der Waals surface area (Å²) in [6, 6.07) is -0.0799. The molecule has 0 aromatic carbocycles. The van der Waals surface area contributed by atoms with Crippen LogP contribution in [-0.2, 0) is 9.59 Å². The number of nitrogens with one attached hydrogen (secondary N) is 1. The van der Waals surface area contributed by atoms with Crippen molar-refractivity contribution in [3.8, 4) is 0 Å². The number of nitrogens with zero attached hydrogens (tertiary/aromatic N) is 2. The van der Waals surface area contributed by atoms with Crippen molar-refractivity contribution < 1.29 is 19.5 Å². The lowest BCUT2D eigenvalue weighted by atomic mass is 10.2. The summed E-state index contributed by atoms with van der Waals surface area (Å²) in [6.07, 6.45) is -0.515. The van der Waals surface area contributed by atoms with Crippen LogP contribution in [0.2, 0.25) is 5.28 Å². The van der Waals surface area contributed by atoms with Gasteiger partial charge in [0.05, 0.1) is 6.42 Å². The van der Waals surface area contributed by atoms with Gasteiger partial charge in [-0.05, 0) is 24.6 Å². The molecule has 1 aromatic rings. The van der Waals surface area contributed by atoms with E-state index in [0.717, 1.165) is 0 Å². The highest BCUT2D eigenvalue weighted by Crippen LogP contribution is 2.06. The van der Waals surface area contributed by atoms with E-state index in [2.05, 4.69) is 15.3 Å². The number of halogens is 1. The SMILES string of the molecule is Cc1cc(C(=O)N[C@@H](CC(N)=O)C(=O)O)nc(Cl)n1. The van der Waals surface area contributed by atoms with Crippen molar-refractivity contribution in [2.45, 2.75) is 19.4 Å². The van der Waals surface area contributed by atoms with Gasteiger partial charge in [0.1, 0.15) is 11.7 Å². The zero-order valence-corrected chi connectivity index (χ0v) is 10.6. The third-order valence-corrected chi connectivity index (χ3v) is 2.24. The summed E-state index contributed by atoms with van der Waals surface area (Å²) in [4.78, 5) is 40.7. The van der Waals surface area contributed by atoms with Crippen molar-refractivity contribution in [2.75, 3.05) is 0 Å². The number of primary amides is 1. The number of carbonyl (C=O) groups excluding carboxylic acids is 2. The highest BCUT2D eigenvalue weighted by molar-refractivity contribution is 6.28.